The van der Waals surface area contributed by atoms with Gasteiger partial charge in [-0.1, -0.05) is 12.1 Å². The highest BCUT2D eigenvalue weighted by Crippen LogP contribution is 2.23. The minimum atomic E-state index is -0.248. The first-order chi connectivity index (χ1) is 13.2. The molecule has 3 rings (SSSR count). The van der Waals surface area contributed by atoms with Gasteiger partial charge in [0.25, 0.3) is 5.91 Å². The molecule has 1 aromatic heterocycles. The van der Waals surface area contributed by atoms with Crippen molar-refractivity contribution in [2.24, 2.45) is 0 Å². The Morgan fingerprint density at radius 3 is 2.70 bits per heavy atom. The van der Waals surface area contributed by atoms with Crippen LogP contribution in [0.5, 0.6) is 5.75 Å². The molecule has 1 heterocycles. The van der Waals surface area contributed by atoms with Crippen molar-refractivity contribution in [2.45, 2.75) is 13.5 Å². The summed E-state index contributed by atoms with van der Waals surface area (Å²) < 4.78 is 10.5. The zero-order valence-corrected chi connectivity index (χ0v) is 16.0. The Bertz CT molecular complexity index is 893. The van der Waals surface area contributed by atoms with E-state index in [4.69, 9.17) is 9.47 Å². The van der Waals surface area contributed by atoms with Crippen molar-refractivity contribution in [3.8, 4) is 5.75 Å². The molecule has 0 spiro atoms. The third-order valence-electron chi connectivity index (χ3n) is 3.74. The topological polar surface area (TPSA) is 72.5 Å². The van der Waals surface area contributed by atoms with Crippen LogP contribution in [-0.2, 0) is 11.3 Å². The van der Waals surface area contributed by atoms with E-state index in [0.29, 0.717) is 24.0 Å². The first kappa shape index (κ1) is 18.9. The predicted octanol–water partition coefficient (Wildman–Crippen LogP) is 4.68. The molecule has 0 bridgehead atoms. The smallest absolute Gasteiger partial charge is 0.275 e. The van der Waals surface area contributed by atoms with Crippen LogP contribution in [0.4, 0.5) is 16.5 Å². The van der Waals surface area contributed by atoms with E-state index in [1.54, 1.807) is 12.5 Å². The summed E-state index contributed by atoms with van der Waals surface area (Å²) in [6.07, 6.45) is 0. The van der Waals surface area contributed by atoms with Crippen LogP contribution in [0.25, 0.3) is 0 Å². The number of carbonyl (C=O) groups excluding carboxylic acids is 1. The van der Waals surface area contributed by atoms with Crippen molar-refractivity contribution >= 4 is 33.8 Å². The molecular formula is C20H21N3O3S. The number of anilines is 3. The van der Waals surface area contributed by atoms with E-state index < -0.39 is 0 Å². The molecule has 2 N–H and O–H groups in total. The molecule has 0 atom stereocenters. The molecule has 7 heteroatoms. The van der Waals surface area contributed by atoms with E-state index in [0.717, 1.165) is 22.7 Å². The summed E-state index contributed by atoms with van der Waals surface area (Å²) in [5, 5.41) is 8.43. The molecule has 3 aromatic rings. The van der Waals surface area contributed by atoms with E-state index in [1.165, 1.54) is 11.3 Å². The lowest BCUT2D eigenvalue weighted by atomic mass is 10.2. The van der Waals surface area contributed by atoms with Crippen molar-refractivity contribution in [1.29, 1.82) is 0 Å². The van der Waals surface area contributed by atoms with Crippen molar-refractivity contribution in [2.75, 3.05) is 24.4 Å². The SMILES string of the molecule is CCOCc1cccc(NC(=O)c2csc(Nc3ccc(OC)cc3)n2)c1. The standard InChI is InChI=1S/C20H21N3O3S/c1-3-26-12-14-5-4-6-16(11-14)21-19(24)18-13-27-20(23-18)22-15-7-9-17(25-2)10-8-15/h4-11,13H,3,12H2,1-2H3,(H,21,24)(H,22,23). The number of hydrogen-bond donors (Lipinski definition) is 2. The van der Waals surface area contributed by atoms with Gasteiger partial charge in [-0.25, -0.2) is 4.98 Å². The van der Waals surface area contributed by atoms with Crippen LogP contribution in [0.2, 0.25) is 0 Å². The Balaban J connectivity index is 1.62. The van der Waals surface area contributed by atoms with Crippen LogP contribution in [0.1, 0.15) is 23.0 Å². The zero-order chi connectivity index (χ0) is 19.1. The monoisotopic (exact) mass is 383 g/mol. The molecule has 1 amide bonds. The number of nitrogens with zero attached hydrogens (tertiary/aromatic N) is 1. The molecule has 0 fully saturated rings. The predicted molar refractivity (Wildman–Crippen MR) is 108 cm³/mol. The molecule has 0 unspecified atom stereocenters. The number of carbonyl (C=O) groups is 1. The maximum atomic E-state index is 12.4. The van der Waals surface area contributed by atoms with Gasteiger partial charge in [-0.05, 0) is 48.9 Å². The van der Waals surface area contributed by atoms with Gasteiger partial charge in [0.05, 0.1) is 13.7 Å². The second-order valence-corrected chi connectivity index (χ2v) is 6.54. The fraction of sp³-hybridized carbons (Fsp3) is 0.200. The molecule has 0 radical (unpaired) electrons. The number of rotatable bonds is 8. The summed E-state index contributed by atoms with van der Waals surface area (Å²) in [7, 11) is 1.63. The molecule has 0 aliphatic carbocycles. The summed E-state index contributed by atoms with van der Waals surface area (Å²) in [4.78, 5) is 16.8. The fourth-order valence-corrected chi connectivity index (χ4v) is 3.10. The van der Waals surface area contributed by atoms with Crippen molar-refractivity contribution in [1.82, 2.24) is 4.98 Å². The number of methoxy groups -OCH3 is 1. The molecule has 140 valence electrons. The van der Waals surface area contributed by atoms with Gasteiger partial charge in [0, 0.05) is 23.4 Å². The van der Waals surface area contributed by atoms with Crippen LogP contribution in [0.3, 0.4) is 0 Å². The third-order valence-corrected chi connectivity index (χ3v) is 4.49. The van der Waals surface area contributed by atoms with Crippen molar-refractivity contribution in [3.63, 3.8) is 0 Å². The van der Waals surface area contributed by atoms with E-state index in [1.807, 2.05) is 55.5 Å². The molecule has 2 aromatic carbocycles. The number of ether oxygens (including phenoxy) is 2. The summed E-state index contributed by atoms with van der Waals surface area (Å²) in [5.41, 5.74) is 2.97. The molecule has 0 saturated heterocycles. The van der Waals surface area contributed by atoms with Gasteiger partial charge in [0.2, 0.25) is 0 Å². The van der Waals surface area contributed by atoms with Gasteiger partial charge < -0.3 is 20.1 Å². The summed E-state index contributed by atoms with van der Waals surface area (Å²) in [5.74, 6) is 0.536. The fourth-order valence-electron chi connectivity index (χ4n) is 2.39. The van der Waals surface area contributed by atoms with Crippen LogP contribution < -0.4 is 15.4 Å². The average Bonchev–Trinajstić information content (AvgIpc) is 3.16. The highest BCUT2D eigenvalue weighted by Gasteiger charge is 2.11. The maximum Gasteiger partial charge on any atom is 0.275 e. The number of benzene rings is 2. The lowest BCUT2D eigenvalue weighted by Gasteiger charge is -2.06. The summed E-state index contributed by atoms with van der Waals surface area (Å²) in [6.45, 7) is 3.12. The zero-order valence-electron chi connectivity index (χ0n) is 15.2. The van der Waals surface area contributed by atoms with E-state index in [9.17, 15) is 4.79 Å². The molecular weight excluding hydrogens is 362 g/mol. The largest absolute Gasteiger partial charge is 0.497 e. The second-order valence-electron chi connectivity index (χ2n) is 5.68. The number of amides is 1. The lowest BCUT2D eigenvalue weighted by Crippen LogP contribution is -2.12. The van der Waals surface area contributed by atoms with Gasteiger partial charge in [0.1, 0.15) is 11.4 Å². The highest BCUT2D eigenvalue weighted by atomic mass is 32.1. The lowest BCUT2D eigenvalue weighted by molar-refractivity contribution is 0.102. The third kappa shape index (κ3) is 5.29. The number of nitrogens with one attached hydrogen (secondary N) is 2. The number of aromatic nitrogens is 1. The Hall–Kier alpha value is -2.90. The summed E-state index contributed by atoms with van der Waals surface area (Å²) in [6, 6.07) is 15.1. The second kappa shape index (κ2) is 9.16. The Morgan fingerprint density at radius 2 is 1.96 bits per heavy atom. The minimum Gasteiger partial charge on any atom is -0.497 e. The van der Waals surface area contributed by atoms with E-state index in [2.05, 4.69) is 15.6 Å². The Kier molecular flexibility index (Phi) is 6.40. The van der Waals surface area contributed by atoms with Gasteiger partial charge in [-0.2, -0.15) is 0 Å². The first-order valence-corrected chi connectivity index (χ1v) is 9.40. The minimum absolute atomic E-state index is 0.248. The quantitative estimate of drug-likeness (QED) is 0.591. The van der Waals surface area contributed by atoms with Gasteiger partial charge in [-0.15, -0.1) is 11.3 Å². The molecule has 0 saturated carbocycles. The Morgan fingerprint density at radius 1 is 1.15 bits per heavy atom. The molecule has 0 aliphatic rings. The van der Waals surface area contributed by atoms with Crippen LogP contribution in [0.15, 0.2) is 53.9 Å². The van der Waals surface area contributed by atoms with Gasteiger partial charge in [-0.3, -0.25) is 4.79 Å². The van der Waals surface area contributed by atoms with Crippen molar-refractivity contribution < 1.29 is 14.3 Å². The van der Waals surface area contributed by atoms with Gasteiger partial charge in [0.15, 0.2) is 5.13 Å². The highest BCUT2D eigenvalue weighted by molar-refractivity contribution is 7.14. The molecule has 6 nitrogen and oxygen atoms in total. The molecule has 0 aliphatic heterocycles. The Labute approximate surface area is 162 Å². The maximum absolute atomic E-state index is 12.4. The molecule has 27 heavy (non-hydrogen) atoms. The van der Waals surface area contributed by atoms with Gasteiger partial charge >= 0.3 is 0 Å². The normalized spacial score (nSPS) is 10.4. The van der Waals surface area contributed by atoms with Crippen molar-refractivity contribution in [3.05, 3.63) is 65.2 Å². The first-order valence-electron chi connectivity index (χ1n) is 8.52. The van der Waals surface area contributed by atoms with Crippen LogP contribution >= 0.6 is 11.3 Å². The van der Waals surface area contributed by atoms with Crippen LogP contribution in [0, 0.1) is 0 Å². The number of thiazole rings is 1. The number of hydrogen-bond acceptors (Lipinski definition) is 6. The van der Waals surface area contributed by atoms with Crippen LogP contribution in [-0.4, -0.2) is 24.6 Å². The van der Waals surface area contributed by atoms with E-state index >= 15 is 0 Å². The average molecular weight is 383 g/mol. The van der Waals surface area contributed by atoms with E-state index in [-0.39, 0.29) is 5.91 Å². The summed E-state index contributed by atoms with van der Waals surface area (Å²) >= 11 is 1.37.